The zero-order valence-electron chi connectivity index (χ0n) is 18.4. The molecule has 0 spiro atoms. The monoisotopic (exact) mass is 439 g/mol. The summed E-state index contributed by atoms with van der Waals surface area (Å²) < 4.78 is 32.0. The third kappa shape index (κ3) is 7.60. The topological polar surface area (TPSA) is 105 Å². The predicted octanol–water partition coefficient (Wildman–Crippen LogP) is 2.53. The average molecular weight is 440 g/mol. The number of hydrogen-bond acceptors (Lipinski definition) is 5. The van der Waals surface area contributed by atoms with Crippen LogP contribution in [0.1, 0.15) is 58.6 Å². The Hall–Kier alpha value is -2.13. The van der Waals surface area contributed by atoms with Crippen LogP contribution in [0.4, 0.5) is 4.79 Å². The van der Waals surface area contributed by atoms with Crippen molar-refractivity contribution >= 4 is 22.0 Å². The molecule has 8 nitrogen and oxygen atoms in total. The molecule has 2 amide bonds. The number of hydrogen-bond donors (Lipinski definition) is 2. The Balaban J connectivity index is 1.90. The van der Waals surface area contributed by atoms with Gasteiger partial charge in [0, 0.05) is 19.1 Å². The van der Waals surface area contributed by atoms with Crippen LogP contribution in [0.3, 0.4) is 0 Å². The van der Waals surface area contributed by atoms with Gasteiger partial charge in [0.15, 0.2) is 0 Å². The maximum absolute atomic E-state index is 12.6. The molecule has 0 saturated carbocycles. The Kier molecular flexibility index (Phi) is 7.87. The lowest BCUT2D eigenvalue weighted by atomic mass is 10.1. The van der Waals surface area contributed by atoms with E-state index in [4.69, 9.17) is 4.74 Å². The molecule has 0 bridgehead atoms. The summed E-state index contributed by atoms with van der Waals surface area (Å²) in [7, 11) is -3.38. The summed E-state index contributed by atoms with van der Waals surface area (Å²) in [6.07, 6.45) is 0.885. The fraction of sp³-hybridized carbons (Fsp3) is 0.619. The van der Waals surface area contributed by atoms with Crippen molar-refractivity contribution in [2.45, 2.75) is 77.4 Å². The number of carbonyl (C=O) groups is 2. The highest BCUT2D eigenvalue weighted by atomic mass is 32.2. The molecule has 1 aromatic rings. The van der Waals surface area contributed by atoms with E-state index in [0.29, 0.717) is 25.1 Å². The summed E-state index contributed by atoms with van der Waals surface area (Å²) in [5, 5.41) is 2.86. The van der Waals surface area contributed by atoms with Crippen LogP contribution in [0.5, 0.6) is 0 Å². The molecule has 1 aromatic carbocycles. The van der Waals surface area contributed by atoms with Gasteiger partial charge in [-0.05, 0) is 58.6 Å². The molecule has 1 aliphatic heterocycles. The van der Waals surface area contributed by atoms with Crippen LogP contribution < -0.4 is 10.0 Å². The largest absolute Gasteiger partial charge is 0.444 e. The fourth-order valence-corrected chi connectivity index (χ4v) is 4.69. The number of amides is 2. The summed E-state index contributed by atoms with van der Waals surface area (Å²) in [6.45, 7) is 9.74. The standard InChI is InChI=1S/C21H33N3O5S/c1-15(2)23-30(27,28)14-17-10-8-16(9-11-17)13-22-19(25)18-7-6-12-24(18)20(26)29-21(3,4)5/h8-11,15,18,23H,6-7,12-14H2,1-5H3,(H,22,25)/t18-/m0/s1. The van der Waals surface area contributed by atoms with E-state index in [0.717, 1.165) is 12.0 Å². The molecule has 30 heavy (non-hydrogen) atoms. The molecular weight excluding hydrogens is 406 g/mol. The Bertz CT molecular complexity index is 844. The molecule has 1 atom stereocenters. The first-order valence-electron chi connectivity index (χ1n) is 10.2. The van der Waals surface area contributed by atoms with Crippen molar-refractivity contribution in [3.63, 3.8) is 0 Å². The molecule has 1 fully saturated rings. The zero-order chi connectivity index (χ0) is 22.5. The van der Waals surface area contributed by atoms with Crippen LogP contribution in [0.25, 0.3) is 0 Å². The van der Waals surface area contributed by atoms with Crippen molar-refractivity contribution in [2.75, 3.05) is 6.54 Å². The molecule has 2 rings (SSSR count). The highest BCUT2D eigenvalue weighted by Crippen LogP contribution is 2.21. The van der Waals surface area contributed by atoms with Crippen molar-refractivity contribution in [1.82, 2.24) is 14.9 Å². The first-order chi connectivity index (χ1) is 13.9. The predicted molar refractivity (Wildman–Crippen MR) is 115 cm³/mol. The molecule has 1 saturated heterocycles. The highest BCUT2D eigenvalue weighted by molar-refractivity contribution is 7.88. The maximum atomic E-state index is 12.6. The van der Waals surface area contributed by atoms with Crippen LogP contribution in [0.15, 0.2) is 24.3 Å². The Morgan fingerprint density at radius 3 is 2.33 bits per heavy atom. The molecule has 0 aromatic heterocycles. The lowest BCUT2D eigenvalue weighted by molar-refractivity contribution is -0.125. The van der Waals surface area contributed by atoms with Gasteiger partial charge in [-0.2, -0.15) is 0 Å². The van der Waals surface area contributed by atoms with Gasteiger partial charge in [-0.25, -0.2) is 17.9 Å². The van der Waals surface area contributed by atoms with Gasteiger partial charge < -0.3 is 10.1 Å². The Morgan fingerprint density at radius 2 is 1.77 bits per heavy atom. The molecule has 1 heterocycles. The number of carbonyl (C=O) groups excluding carboxylic acids is 2. The molecular formula is C21H33N3O5S. The Morgan fingerprint density at radius 1 is 1.17 bits per heavy atom. The summed E-state index contributed by atoms with van der Waals surface area (Å²) in [4.78, 5) is 26.4. The van der Waals surface area contributed by atoms with E-state index in [-0.39, 0.29) is 17.7 Å². The minimum atomic E-state index is -3.38. The van der Waals surface area contributed by atoms with Crippen molar-refractivity contribution in [1.29, 1.82) is 0 Å². The molecule has 1 aliphatic rings. The molecule has 2 N–H and O–H groups in total. The van der Waals surface area contributed by atoms with Gasteiger partial charge in [0.1, 0.15) is 11.6 Å². The minimum Gasteiger partial charge on any atom is -0.444 e. The van der Waals surface area contributed by atoms with E-state index in [1.54, 1.807) is 58.9 Å². The van der Waals surface area contributed by atoms with Crippen molar-refractivity contribution in [3.05, 3.63) is 35.4 Å². The summed E-state index contributed by atoms with van der Waals surface area (Å²) in [6, 6.07) is 6.38. The van der Waals surface area contributed by atoms with E-state index in [1.807, 2.05) is 0 Å². The first kappa shape index (κ1) is 24.1. The zero-order valence-corrected chi connectivity index (χ0v) is 19.2. The average Bonchev–Trinajstić information content (AvgIpc) is 3.08. The van der Waals surface area contributed by atoms with Gasteiger partial charge in [0.2, 0.25) is 15.9 Å². The second-order valence-corrected chi connectivity index (χ2v) is 10.7. The van der Waals surface area contributed by atoms with Crippen LogP contribution in [-0.2, 0) is 31.9 Å². The lowest BCUT2D eigenvalue weighted by Gasteiger charge is -2.28. The molecule has 0 aliphatic carbocycles. The van der Waals surface area contributed by atoms with E-state index >= 15 is 0 Å². The second kappa shape index (κ2) is 9.78. The number of ether oxygens (including phenoxy) is 1. The number of rotatable bonds is 7. The van der Waals surface area contributed by atoms with Crippen LogP contribution in [0, 0.1) is 0 Å². The summed E-state index contributed by atoms with van der Waals surface area (Å²) in [5.41, 5.74) is 0.911. The second-order valence-electron chi connectivity index (χ2n) is 8.90. The van der Waals surface area contributed by atoms with Crippen LogP contribution in [0.2, 0.25) is 0 Å². The summed E-state index contributed by atoms with van der Waals surface area (Å²) in [5.74, 6) is -0.309. The lowest BCUT2D eigenvalue weighted by Crippen LogP contribution is -2.47. The number of nitrogens with one attached hydrogen (secondary N) is 2. The fourth-order valence-electron chi connectivity index (χ4n) is 3.26. The third-order valence-corrected chi connectivity index (χ3v) is 5.99. The van der Waals surface area contributed by atoms with Crippen molar-refractivity contribution < 1.29 is 22.7 Å². The molecule has 9 heteroatoms. The van der Waals surface area contributed by atoms with Gasteiger partial charge in [0.25, 0.3) is 0 Å². The SMILES string of the molecule is CC(C)NS(=O)(=O)Cc1ccc(CNC(=O)[C@@H]2CCCN2C(=O)OC(C)(C)C)cc1. The molecule has 0 unspecified atom stereocenters. The summed E-state index contributed by atoms with van der Waals surface area (Å²) >= 11 is 0. The molecule has 168 valence electrons. The van der Waals surface area contributed by atoms with Gasteiger partial charge >= 0.3 is 6.09 Å². The van der Waals surface area contributed by atoms with Gasteiger partial charge in [0.05, 0.1) is 5.75 Å². The van der Waals surface area contributed by atoms with E-state index < -0.39 is 27.8 Å². The quantitative estimate of drug-likeness (QED) is 0.679. The van der Waals surface area contributed by atoms with E-state index in [1.165, 1.54) is 4.90 Å². The number of sulfonamides is 1. The Labute approximate surface area is 179 Å². The number of nitrogens with zero attached hydrogens (tertiary/aromatic N) is 1. The smallest absolute Gasteiger partial charge is 0.410 e. The first-order valence-corrected chi connectivity index (χ1v) is 11.9. The minimum absolute atomic E-state index is 0.0925. The van der Waals surface area contributed by atoms with Crippen LogP contribution in [-0.4, -0.2) is 49.5 Å². The third-order valence-electron chi connectivity index (χ3n) is 4.45. The highest BCUT2D eigenvalue weighted by Gasteiger charge is 2.36. The van der Waals surface area contributed by atoms with Gasteiger partial charge in [-0.3, -0.25) is 9.69 Å². The van der Waals surface area contributed by atoms with Crippen molar-refractivity contribution in [3.8, 4) is 0 Å². The normalized spacial score (nSPS) is 17.3. The van der Waals surface area contributed by atoms with E-state index in [2.05, 4.69) is 10.0 Å². The van der Waals surface area contributed by atoms with Gasteiger partial charge in [-0.1, -0.05) is 24.3 Å². The molecule has 0 radical (unpaired) electrons. The van der Waals surface area contributed by atoms with Crippen molar-refractivity contribution in [2.24, 2.45) is 0 Å². The van der Waals surface area contributed by atoms with E-state index in [9.17, 15) is 18.0 Å². The maximum Gasteiger partial charge on any atom is 0.410 e. The number of likely N-dealkylation sites (tertiary alicyclic amines) is 1. The van der Waals surface area contributed by atoms with Gasteiger partial charge in [-0.15, -0.1) is 0 Å². The number of benzene rings is 1. The van der Waals surface area contributed by atoms with Crippen LogP contribution >= 0.6 is 0 Å².